The number of aromatic nitrogens is 3. The summed E-state index contributed by atoms with van der Waals surface area (Å²) < 4.78 is 1.81. The quantitative estimate of drug-likeness (QED) is 0.520. The van der Waals surface area contributed by atoms with E-state index in [0.29, 0.717) is 17.9 Å². The Bertz CT molecular complexity index is 689. The number of nitrogens with zero attached hydrogens (tertiary/aromatic N) is 3. The average Bonchev–Trinajstić information content (AvgIpc) is 2.83. The van der Waals surface area contributed by atoms with Gasteiger partial charge in [0.25, 0.3) is 6.01 Å². The molecule has 0 aliphatic carbocycles. The summed E-state index contributed by atoms with van der Waals surface area (Å²) in [6.45, 7) is 11.1. The normalized spacial score (nSPS) is 12.0. The second kappa shape index (κ2) is 8.38. The van der Waals surface area contributed by atoms with Crippen molar-refractivity contribution in [1.29, 1.82) is 0 Å². The lowest BCUT2D eigenvalue weighted by molar-refractivity contribution is 0.388. The van der Waals surface area contributed by atoms with Gasteiger partial charge < -0.3 is 21.5 Å². The highest BCUT2D eigenvalue weighted by Gasteiger charge is 2.14. The van der Waals surface area contributed by atoms with E-state index in [-0.39, 0.29) is 11.5 Å². The number of nitrogens with one attached hydrogen (secondary N) is 2. The molecule has 25 heavy (non-hydrogen) atoms. The van der Waals surface area contributed by atoms with Gasteiger partial charge in [-0.25, -0.2) is 4.98 Å². The van der Waals surface area contributed by atoms with Gasteiger partial charge in [-0.15, -0.1) is 0 Å². The molecule has 0 atom stereocenters. The van der Waals surface area contributed by atoms with Crippen molar-refractivity contribution in [2.75, 3.05) is 24.1 Å². The number of hydrogen-bond acceptors (Lipinski definition) is 6. The Morgan fingerprint density at radius 1 is 1.16 bits per heavy atom. The molecule has 2 rings (SSSR count). The average molecular weight is 348 g/mol. The molecule has 0 bridgehead atoms. The second-order valence-electron chi connectivity index (χ2n) is 7.49. The highest BCUT2D eigenvalue weighted by molar-refractivity contribution is 5.88. The van der Waals surface area contributed by atoms with Crippen LogP contribution in [0.5, 0.6) is 6.01 Å². The number of aryl methyl sites for hydroxylation is 1. The van der Waals surface area contributed by atoms with E-state index in [2.05, 4.69) is 48.3 Å². The van der Waals surface area contributed by atoms with Crippen molar-refractivity contribution >= 4 is 22.7 Å². The Balaban J connectivity index is 2.06. The first-order valence-corrected chi connectivity index (χ1v) is 9.16. The number of fused-ring (bicyclic) bond motifs is 1. The minimum absolute atomic E-state index is 0.00186. The molecule has 2 heterocycles. The molecule has 0 aromatic carbocycles. The predicted octanol–water partition coefficient (Wildman–Crippen LogP) is 3.10. The van der Waals surface area contributed by atoms with E-state index in [9.17, 15) is 5.11 Å². The standard InChI is InChI=1S/C18H32N6O/c1-5-6-9-20-14-12-13-15(16(19)22-14)23-17(25)24(13)11-8-7-10-21-18(2,3)4/h12,21H,5-11H2,1-4H3,(H,23,25)(H3,19,20,22). The Morgan fingerprint density at radius 2 is 1.92 bits per heavy atom. The first kappa shape index (κ1) is 19.3. The van der Waals surface area contributed by atoms with E-state index in [1.54, 1.807) is 0 Å². The molecule has 0 spiro atoms. The summed E-state index contributed by atoms with van der Waals surface area (Å²) in [5.41, 5.74) is 7.54. The van der Waals surface area contributed by atoms with Crippen LogP contribution in [0.4, 0.5) is 11.6 Å². The van der Waals surface area contributed by atoms with Crippen LogP contribution in [0.25, 0.3) is 11.0 Å². The van der Waals surface area contributed by atoms with Crippen LogP contribution >= 0.6 is 0 Å². The van der Waals surface area contributed by atoms with Crippen molar-refractivity contribution < 1.29 is 5.11 Å². The van der Waals surface area contributed by atoms with E-state index in [1.807, 2.05) is 10.6 Å². The molecule has 0 radical (unpaired) electrons. The van der Waals surface area contributed by atoms with Gasteiger partial charge in [0.1, 0.15) is 11.3 Å². The third-order valence-corrected chi connectivity index (χ3v) is 4.04. The van der Waals surface area contributed by atoms with Crippen LogP contribution in [-0.2, 0) is 6.54 Å². The maximum atomic E-state index is 10.2. The van der Waals surface area contributed by atoms with Crippen molar-refractivity contribution in [3.63, 3.8) is 0 Å². The number of nitrogens with two attached hydrogens (primary N) is 1. The first-order chi connectivity index (χ1) is 11.8. The van der Waals surface area contributed by atoms with E-state index in [1.165, 1.54) is 0 Å². The summed E-state index contributed by atoms with van der Waals surface area (Å²) in [5.74, 6) is 1.08. The van der Waals surface area contributed by atoms with Gasteiger partial charge in [0.2, 0.25) is 0 Å². The lowest BCUT2D eigenvalue weighted by Gasteiger charge is -2.20. The second-order valence-corrected chi connectivity index (χ2v) is 7.49. The fourth-order valence-corrected chi connectivity index (χ4v) is 2.70. The molecular formula is C18H32N6O. The Morgan fingerprint density at radius 3 is 2.60 bits per heavy atom. The van der Waals surface area contributed by atoms with E-state index in [0.717, 1.165) is 50.1 Å². The monoisotopic (exact) mass is 348 g/mol. The van der Waals surface area contributed by atoms with Gasteiger partial charge >= 0.3 is 0 Å². The maximum Gasteiger partial charge on any atom is 0.294 e. The molecule has 0 aliphatic rings. The number of imidazole rings is 1. The number of rotatable bonds is 9. The molecule has 7 nitrogen and oxygen atoms in total. The van der Waals surface area contributed by atoms with Gasteiger partial charge in [-0.2, -0.15) is 4.98 Å². The Kier molecular flexibility index (Phi) is 6.47. The van der Waals surface area contributed by atoms with Gasteiger partial charge in [-0.1, -0.05) is 13.3 Å². The molecule has 5 N–H and O–H groups in total. The molecule has 0 unspecified atom stereocenters. The first-order valence-electron chi connectivity index (χ1n) is 9.16. The summed E-state index contributed by atoms with van der Waals surface area (Å²) in [6, 6.07) is 1.92. The Labute approximate surface area is 150 Å². The van der Waals surface area contributed by atoms with Crippen LogP contribution in [0.2, 0.25) is 0 Å². The van der Waals surface area contributed by atoms with Crippen molar-refractivity contribution in [3.8, 4) is 6.01 Å². The van der Waals surface area contributed by atoms with Crippen molar-refractivity contribution in [2.24, 2.45) is 0 Å². The van der Waals surface area contributed by atoms with Gasteiger partial charge in [0.15, 0.2) is 5.82 Å². The zero-order valence-corrected chi connectivity index (χ0v) is 15.9. The summed E-state index contributed by atoms with van der Waals surface area (Å²) in [7, 11) is 0. The fraction of sp³-hybridized carbons (Fsp3) is 0.667. The number of nitrogen functional groups attached to an aromatic ring is 1. The third kappa shape index (κ3) is 5.49. The number of pyridine rings is 1. The SMILES string of the molecule is CCCCNc1cc2c(nc(O)n2CCCCNC(C)(C)C)c(N)n1. The molecule has 2 aromatic heterocycles. The summed E-state index contributed by atoms with van der Waals surface area (Å²) in [6.07, 6.45) is 4.17. The zero-order valence-electron chi connectivity index (χ0n) is 15.9. The summed E-state index contributed by atoms with van der Waals surface area (Å²) >= 11 is 0. The predicted molar refractivity (Wildman–Crippen MR) is 104 cm³/mol. The molecule has 0 aliphatic heterocycles. The van der Waals surface area contributed by atoms with E-state index < -0.39 is 0 Å². The summed E-state index contributed by atoms with van der Waals surface area (Å²) in [5, 5.41) is 16.9. The van der Waals surface area contributed by atoms with Gasteiger partial charge in [-0.05, 0) is 46.6 Å². The lowest BCUT2D eigenvalue weighted by Crippen LogP contribution is -2.36. The molecule has 7 heteroatoms. The topological polar surface area (TPSA) is 101 Å². The van der Waals surface area contributed by atoms with Gasteiger partial charge in [-0.3, -0.25) is 4.57 Å². The van der Waals surface area contributed by atoms with Crippen LogP contribution in [-0.4, -0.2) is 38.3 Å². The number of anilines is 2. The number of unbranched alkanes of at least 4 members (excludes halogenated alkanes) is 2. The molecule has 0 amide bonds. The molecule has 140 valence electrons. The minimum atomic E-state index is -0.00186. The molecule has 0 saturated heterocycles. The van der Waals surface area contributed by atoms with Crippen LogP contribution in [0.15, 0.2) is 6.07 Å². The van der Waals surface area contributed by atoms with E-state index >= 15 is 0 Å². The number of hydrogen-bond donors (Lipinski definition) is 4. The minimum Gasteiger partial charge on any atom is -0.480 e. The summed E-state index contributed by atoms with van der Waals surface area (Å²) in [4.78, 5) is 8.51. The highest BCUT2D eigenvalue weighted by atomic mass is 16.3. The maximum absolute atomic E-state index is 10.2. The van der Waals surface area contributed by atoms with Crippen molar-refractivity contribution in [2.45, 2.75) is 65.5 Å². The molecule has 2 aromatic rings. The molecular weight excluding hydrogens is 316 g/mol. The van der Waals surface area contributed by atoms with E-state index in [4.69, 9.17) is 5.73 Å². The molecule has 0 fully saturated rings. The fourth-order valence-electron chi connectivity index (χ4n) is 2.70. The smallest absolute Gasteiger partial charge is 0.294 e. The van der Waals surface area contributed by atoms with Crippen LogP contribution < -0.4 is 16.4 Å². The number of aromatic hydroxyl groups is 1. The van der Waals surface area contributed by atoms with Crippen LogP contribution in [0.3, 0.4) is 0 Å². The van der Waals surface area contributed by atoms with Crippen LogP contribution in [0.1, 0.15) is 53.4 Å². The Hall–Kier alpha value is -2.02. The van der Waals surface area contributed by atoms with Crippen LogP contribution in [0, 0.1) is 0 Å². The third-order valence-electron chi connectivity index (χ3n) is 4.04. The largest absolute Gasteiger partial charge is 0.480 e. The van der Waals surface area contributed by atoms with Crippen molar-refractivity contribution in [3.05, 3.63) is 6.07 Å². The van der Waals surface area contributed by atoms with Gasteiger partial charge in [0.05, 0.1) is 5.52 Å². The van der Waals surface area contributed by atoms with Crippen molar-refractivity contribution in [1.82, 2.24) is 19.9 Å². The zero-order chi connectivity index (χ0) is 18.4. The molecule has 0 saturated carbocycles. The van der Waals surface area contributed by atoms with Gasteiger partial charge in [0, 0.05) is 24.7 Å². The highest BCUT2D eigenvalue weighted by Crippen LogP contribution is 2.27. The lowest BCUT2D eigenvalue weighted by atomic mass is 10.1.